The van der Waals surface area contributed by atoms with Crippen molar-refractivity contribution in [1.82, 2.24) is 19.1 Å². The number of halogens is 6. The molecule has 6 aromatic carbocycles. The molecule has 0 aliphatic carbocycles. The van der Waals surface area contributed by atoms with Crippen LogP contribution in [0, 0.1) is 13.8 Å². The second kappa shape index (κ2) is 33.0. The van der Waals surface area contributed by atoms with Gasteiger partial charge in [-0.3, -0.25) is 18.0 Å². The highest BCUT2D eigenvalue weighted by molar-refractivity contribution is 7.84. The van der Waals surface area contributed by atoms with Gasteiger partial charge in [0.25, 0.3) is 0 Å². The van der Waals surface area contributed by atoms with Crippen LogP contribution in [0.5, 0.6) is 11.5 Å². The number of anilines is 2. The number of aryl methyl sites for hydroxylation is 4. The Hall–Kier alpha value is -8.44. The lowest BCUT2D eigenvalue weighted by Gasteiger charge is -2.13. The minimum Gasteiger partial charge on any atom is -0.491 e. The zero-order chi connectivity index (χ0) is 64.9. The molecule has 0 saturated heterocycles. The molecule has 0 radical (unpaired) electrons. The monoisotopic (exact) mass is 1290 g/mol. The number of hydrogen-bond acceptors (Lipinski definition) is 10. The molecular formula is C69H72F6N6O8S2. The molecule has 0 aliphatic heterocycles. The van der Waals surface area contributed by atoms with Gasteiger partial charge in [-0.1, -0.05) is 49.7 Å². The van der Waals surface area contributed by atoms with Crippen molar-refractivity contribution in [3.63, 3.8) is 0 Å². The van der Waals surface area contributed by atoms with Crippen LogP contribution in [-0.2, 0) is 77.6 Å². The molecule has 0 spiro atoms. The smallest absolute Gasteiger partial charge is 0.416 e. The van der Waals surface area contributed by atoms with Gasteiger partial charge in [0, 0.05) is 59.6 Å². The van der Waals surface area contributed by atoms with E-state index in [0.717, 1.165) is 91.3 Å². The first kappa shape index (κ1) is 68.5. The van der Waals surface area contributed by atoms with Crippen molar-refractivity contribution in [2.75, 3.05) is 50.3 Å². The molecule has 2 amide bonds. The van der Waals surface area contributed by atoms with Crippen molar-refractivity contribution in [2.45, 2.75) is 107 Å². The van der Waals surface area contributed by atoms with Gasteiger partial charge in [0.15, 0.2) is 0 Å². The van der Waals surface area contributed by atoms with Crippen molar-refractivity contribution < 1.29 is 63.3 Å². The lowest BCUT2D eigenvalue weighted by molar-refractivity contribution is -0.138. The van der Waals surface area contributed by atoms with Gasteiger partial charge in [0.1, 0.15) is 24.7 Å². The molecule has 480 valence electrons. The zero-order valence-electron chi connectivity index (χ0n) is 50.9. The number of nitrogens with zero attached hydrogens (tertiary/aromatic N) is 4. The SMILES string of the molecule is CCCCOCCOc1ccc(-c2ccc(C(F)(F)F)c(/C=C/C(=O)Nc3ccc([S@@](=O)Cc4c(C)ncn4CCCCCOCCOc4ccc(-c5ccc(C(F)(F)F)c(/C=C/C(=O)Nc6ccc([S@](=O)Cc7c(C)ncn7CC)cc6)c5)cc4)cc3)c2)cc1. The van der Waals surface area contributed by atoms with Crippen molar-refractivity contribution in [3.05, 3.63) is 203 Å². The number of nitrogens with one attached hydrogen (secondary N) is 2. The Kier molecular flexibility index (Phi) is 24.9. The van der Waals surface area contributed by atoms with E-state index in [4.69, 9.17) is 18.9 Å². The predicted molar refractivity (Wildman–Crippen MR) is 343 cm³/mol. The summed E-state index contributed by atoms with van der Waals surface area (Å²) in [5.41, 5.74) is 4.19. The summed E-state index contributed by atoms with van der Waals surface area (Å²) < 4.78 is 138. The first-order valence-electron chi connectivity index (χ1n) is 29.8. The molecule has 0 saturated carbocycles. The molecule has 8 aromatic rings. The molecule has 0 bridgehead atoms. The van der Waals surface area contributed by atoms with E-state index in [-0.39, 0.29) is 29.2 Å². The fourth-order valence-electron chi connectivity index (χ4n) is 9.66. The van der Waals surface area contributed by atoms with Crippen molar-refractivity contribution in [3.8, 4) is 33.8 Å². The average Bonchev–Trinajstić information content (AvgIpc) is 1.85. The minimum absolute atomic E-state index is 0.179. The van der Waals surface area contributed by atoms with Crippen molar-refractivity contribution >= 4 is 56.9 Å². The summed E-state index contributed by atoms with van der Waals surface area (Å²) in [6, 6.07) is 34.3. The van der Waals surface area contributed by atoms with Crippen molar-refractivity contribution in [1.29, 1.82) is 0 Å². The molecule has 0 fully saturated rings. The summed E-state index contributed by atoms with van der Waals surface area (Å²) in [7, 11) is -2.83. The van der Waals surface area contributed by atoms with Crippen LogP contribution in [0.4, 0.5) is 37.7 Å². The van der Waals surface area contributed by atoms with Gasteiger partial charge in [-0.25, -0.2) is 9.97 Å². The Morgan fingerprint density at radius 2 is 0.923 bits per heavy atom. The number of unbranched alkanes of at least 4 members (excludes halogenated alkanes) is 3. The summed E-state index contributed by atoms with van der Waals surface area (Å²) in [5, 5.41) is 5.32. The number of aromatic nitrogens is 4. The zero-order valence-corrected chi connectivity index (χ0v) is 52.5. The van der Waals surface area contributed by atoms with Crippen LogP contribution in [-0.4, -0.2) is 79.0 Å². The van der Waals surface area contributed by atoms with Crippen LogP contribution in [0.25, 0.3) is 34.4 Å². The fourth-order valence-corrected chi connectivity index (χ4v) is 12.1. The Balaban J connectivity index is 0.734. The number of hydrogen-bond donors (Lipinski definition) is 2. The Morgan fingerprint density at radius 3 is 1.35 bits per heavy atom. The lowest BCUT2D eigenvalue weighted by atomic mass is 9.98. The third-order valence-corrected chi connectivity index (χ3v) is 17.4. The first-order chi connectivity index (χ1) is 43.8. The number of ether oxygens (including phenoxy) is 4. The highest BCUT2D eigenvalue weighted by atomic mass is 32.2. The van der Waals surface area contributed by atoms with Crippen LogP contribution in [0.2, 0.25) is 0 Å². The van der Waals surface area contributed by atoms with E-state index in [1.165, 1.54) is 24.3 Å². The third-order valence-electron chi connectivity index (χ3n) is 14.7. The topological polar surface area (TPSA) is 165 Å². The molecule has 8 rings (SSSR count). The van der Waals surface area contributed by atoms with Gasteiger partial charge >= 0.3 is 12.4 Å². The predicted octanol–water partition coefficient (Wildman–Crippen LogP) is 15.5. The normalized spacial score (nSPS) is 12.6. The van der Waals surface area contributed by atoms with Gasteiger partial charge in [0.05, 0.1) is 92.9 Å². The van der Waals surface area contributed by atoms with Crippen LogP contribution in [0.1, 0.15) is 91.0 Å². The number of imidazole rings is 2. The highest BCUT2D eigenvalue weighted by Gasteiger charge is 2.34. The Labute approximate surface area is 530 Å². The summed E-state index contributed by atoms with van der Waals surface area (Å²) >= 11 is 0. The van der Waals surface area contributed by atoms with Gasteiger partial charge in [-0.05, 0) is 189 Å². The maximum Gasteiger partial charge on any atom is 0.416 e. The standard InChI is InChI=1S/C69H72F6N6O8S2/c1-5-7-36-86-38-40-88-58-23-11-50(12-24-58)52-15-31-62(68(70,71)72)55(42-52)18-34-67(83)79-57-21-29-61(30-22-57)91(85)45-65-49(4)77-47-81(65)35-9-8-10-37-87-39-41-89-59-25-13-51(14-26-59)53-16-32-63(69(73,74)75)54(43-53)17-33-66(82)78-56-19-27-60(28-20-56)90(84)44-64-48(3)76-46-80(64)6-2/h11-34,42-43,46-47H,5-10,35-41,44-45H2,1-4H3,(H,78,82)(H,79,83)/b33-17+,34-18+/t90-,91+/m1/s1. The summed E-state index contributed by atoms with van der Waals surface area (Å²) in [5.74, 6) is 0.339. The Morgan fingerprint density at radius 1 is 0.505 bits per heavy atom. The van der Waals surface area contributed by atoms with Crippen LogP contribution in [0.15, 0.2) is 168 Å². The average molecular weight is 1290 g/mol. The number of amides is 2. The molecule has 0 aliphatic rings. The van der Waals surface area contributed by atoms with Crippen molar-refractivity contribution in [2.24, 2.45) is 0 Å². The van der Waals surface area contributed by atoms with Gasteiger partial charge < -0.3 is 38.7 Å². The number of alkyl halides is 6. The molecule has 2 heterocycles. The number of rotatable bonds is 32. The number of carbonyl (C=O) groups excluding carboxylic acids is 2. The summed E-state index contributed by atoms with van der Waals surface area (Å²) in [6.07, 6.45) is 2.91. The quantitative estimate of drug-likeness (QED) is 0.0235. The van der Waals surface area contributed by atoms with E-state index in [1.807, 2.05) is 29.9 Å². The Bertz CT molecular complexity index is 3810. The molecule has 14 nitrogen and oxygen atoms in total. The second-order valence-corrected chi connectivity index (χ2v) is 24.1. The van der Waals surface area contributed by atoms with E-state index in [0.29, 0.717) is 101 Å². The number of benzene rings is 6. The third kappa shape index (κ3) is 20.3. The maximum absolute atomic E-state index is 14.1. The molecule has 2 aromatic heterocycles. The molecule has 2 atom stereocenters. The molecule has 91 heavy (non-hydrogen) atoms. The van der Waals surface area contributed by atoms with E-state index in [9.17, 15) is 44.3 Å². The van der Waals surface area contributed by atoms with Gasteiger partial charge in [-0.15, -0.1) is 0 Å². The maximum atomic E-state index is 14.1. The van der Waals surface area contributed by atoms with Gasteiger partial charge in [-0.2, -0.15) is 26.3 Å². The minimum atomic E-state index is -4.67. The fraction of sp³-hybridized carbons (Fsp3) is 0.304. The molecule has 0 unspecified atom stereocenters. The summed E-state index contributed by atoms with van der Waals surface area (Å²) in [4.78, 5) is 35.7. The van der Waals surface area contributed by atoms with E-state index < -0.39 is 56.9 Å². The van der Waals surface area contributed by atoms with E-state index in [1.54, 1.807) is 110 Å². The summed E-state index contributed by atoms with van der Waals surface area (Å²) in [6.45, 7) is 11.7. The van der Waals surface area contributed by atoms with E-state index >= 15 is 0 Å². The second-order valence-electron chi connectivity index (χ2n) is 21.2. The highest BCUT2D eigenvalue weighted by Crippen LogP contribution is 2.37. The number of carbonyl (C=O) groups is 2. The van der Waals surface area contributed by atoms with Gasteiger partial charge in [0.2, 0.25) is 11.8 Å². The van der Waals surface area contributed by atoms with Crippen LogP contribution >= 0.6 is 0 Å². The van der Waals surface area contributed by atoms with E-state index in [2.05, 4.69) is 27.5 Å². The first-order valence-corrected chi connectivity index (χ1v) is 32.4. The molecule has 2 N–H and O–H groups in total. The lowest BCUT2D eigenvalue weighted by Crippen LogP contribution is -2.10. The molecule has 22 heteroatoms. The van der Waals surface area contributed by atoms with Crippen LogP contribution in [0.3, 0.4) is 0 Å². The largest absolute Gasteiger partial charge is 0.491 e. The van der Waals surface area contributed by atoms with Crippen LogP contribution < -0.4 is 20.1 Å². The molecular weight excluding hydrogens is 1220 g/mol.